The molecule has 0 atom stereocenters. The third-order valence-electron chi connectivity index (χ3n) is 4.08. The molecule has 1 saturated heterocycles. The Morgan fingerprint density at radius 2 is 1.83 bits per heavy atom. The summed E-state index contributed by atoms with van der Waals surface area (Å²) in [5.74, 6) is 0.153. The molecular formula is C17H19F3N4. The fourth-order valence-corrected chi connectivity index (χ4v) is 2.83. The molecule has 0 saturated carbocycles. The Hall–Kier alpha value is -2.15. The summed E-state index contributed by atoms with van der Waals surface area (Å²) in [4.78, 5) is 11.8. The zero-order valence-electron chi connectivity index (χ0n) is 13.4. The van der Waals surface area contributed by atoms with Gasteiger partial charge in [-0.2, -0.15) is 13.2 Å². The Morgan fingerprint density at radius 1 is 1.08 bits per heavy atom. The number of halogens is 3. The number of aryl methyl sites for hydroxylation is 1. The maximum absolute atomic E-state index is 12.8. The molecule has 0 aliphatic carbocycles. The van der Waals surface area contributed by atoms with Gasteiger partial charge in [-0.05, 0) is 18.6 Å². The first-order chi connectivity index (χ1) is 11.4. The van der Waals surface area contributed by atoms with E-state index in [1.165, 1.54) is 17.3 Å². The van der Waals surface area contributed by atoms with E-state index in [1.807, 2.05) is 11.0 Å². The molecule has 2 heterocycles. The van der Waals surface area contributed by atoms with Crippen molar-refractivity contribution in [2.75, 3.05) is 31.1 Å². The van der Waals surface area contributed by atoms with Gasteiger partial charge in [0.1, 0.15) is 5.69 Å². The van der Waals surface area contributed by atoms with E-state index in [2.05, 4.69) is 40.0 Å². The molecule has 1 aromatic carbocycles. The van der Waals surface area contributed by atoms with Gasteiger partial charge in [-0.25, -0.2) is 9.97 Å². The van der Waals surface area contributed by atoms with Crippen LogP contribution in [0.5, 0.6) is 0 Å². The highest BCUT2D eigenvalue weighted by molar-refractivity contribution is 5.32. The van der Waals surface area contributed by atoms with E-state index in [0.717, 1.165) is 25.7 Å². The van der Waals surface area contributed by atoms with Gasteiger partial charge in [0.25, 0.3) is 0 Å². The van der Waals surface area contributed by atoms with E-state index < -0.39 is 11.9 Å². The van der Waals surface area contributed by atoms with Crippen LogP contribution in [0.4, 0.5) is 19.1 Å². The van der Waals surface area contributed by atoms with Crippen molar-refractivity contribution in [3.8, 4) is 0 Å². The minimum absolute atomic E-state index is 0.153. The smallest absolute Gasteiger partial charge is 0.338 e. The van der Waals surface area contributed by atoms with Gasteiger partial charge < -0.3 is 4.90 Å². The predicted octanol–water partition coefficient (Wildman–Crippen LogP) is 3.13. The lowest BCUT2D eigenvalue weighted by atomic mass is 10.1. The zero-order chi connectivity index (χ0) is 17.2. The van der Waals surface area contributed by atoms with E-state index in [1.54, 1.807) is 0 Å². The van der Waals surface area contributed by atoms with Crippen LogP contribution >= 0.6 is 0 Å². The minimum atomic E-state index is -4.44. The molecule has 2 aromatic rings. The summed E-state index contributed by atoms with van der Waals surface area (Å²) in [6, 6.07) is 9.25. The highest BCUT2D eigenvalue weighted by atomic mass is 19.4. The van der Waals surface area contributed by atoms with Gasteiger partial charge in [-0.3, -0.25) is 4.90 Å². The van der Waals surface area contributed by atoms with Crippen LogP contribution < -0.4 is 4.90 Å². The summed E-state index contributed by atoms with van der Waals surface area (Å²) in [5.41, 5.74) is 1.58. The molecule has 0 N–H and O–H groups in total. The highest BCUT2D eigenvalue weighted by Crippen LogP contribution is 2.28. The van der Waals surface area contributed by atoms with Crippen molar-refractivity contribution in [1.82, 2.24) is 14.9 Å². The molecule has 1 aliphatic heterocycles. The molecule has 4 nitrogen and oxygen atoms in total. The number of benzene rings is 1. The minimum Gasteiger partial charge on any atom is -0.338 e. The van der Waals surface area contributed by atoms with Crippen molar-refractivity contribution in [3.05, 3.63) is 53.3 Å². The molecule has 128 valence electrons. The molecule has 24 heavy (non-hydrogen) atoms. The monoisotopic (exact) mass is 336 g/mol. The second-order valence-electron chi connectivity index (χ2n) is 5.99. The number of aromatic nitrogens is 2. The quantitative estimate of drug-likeness (QED) is 0.862. The van der Waals surface area contributed by atoms with Gasteiger partial charge in [0.2, 0.25) is 5.95 Å². The maximum Gasteiger partial charge on any atom is 0.433 e. The Bertz CT molecular complexity index is 694. The highest BCUT2D eigenvalue weighted by Gasteiger charge is 2.33. The number of nitrogens with zero attached hydrogens (tertiary/aromatic N) is 4. The number of alkyl halides is 3. The molecule has 0 radical (unpaired) electrons. The van der Waals surface area contributed by atoms with Crippen molar-refractivity contribution in [1.29, 1.82) is 0 Å². The van der Waals surface area contributed by atoms with Crippen molar-refractivity contribution in [2.24, 2.45) is 0 Å². The number of hydrogen-bond acceptors (Lipinski definition) is 4. The molecule has 0 bridgehead atoms. The van der Waals surface area contributed by atoms with Crippen LogP contribution in [0.3, 0.4) is 0 Å². The number of rotatable bonds is 3. The van der Waals surface area contributed by atoms with Gasteiger partial charge in [0, 0.05) is 38.9 Å². The molecule has 0 spiro atoms. The van der Waals surface area contributed by atoms with Gasteiger partial charge >= 0.3 is 6.18 Å². The third kappa shape index (κ3) is 4.03. The molecule has 0 unspecified atom stereocenters. The van der Waals surface area contributed by atoms with Crippen molar-refractivity contribution < 1.29 is 13.2 Å². The Kier molecular flexibility index (Phi) is 4.71. The first kappa shape index (κ1) is 16.7. The van der Waals surface area contributed by atoms with E-state index in [-0.39, 0.29) is 5.95 Å². The largest absolute Gasteiger partial charge is 0.433 e. The summed E-state index contributed by atoms with van der Waals surface area (Å²) in [6.45, 7) is 5.69. The van der Waals surface area contributed by atoms with Gasteiger partial charge in [-0.15, -0.1) is 0 Å². The molecule has 3 rings (SSSR count). The Balaban J connectivity index is 1.61. The van der Waals surface area contributed by atoms with Gasteiger partial charge in [0.05, 0.1) is 0 Å². The average molecular weight is 336 g/mol. The van der Waals surface area contributed by atoms with E-state index in [0.29, 0.717) is 13.1 Å². The van der Waals surface area contributed by atoms with Gasteiger partial charge in [0.15, 0.2) is 0 Å². The summed E-state index contributed by atoms with van der Waals surface area (Å²) >= 11 is 0. The SMILES string of the molecule is Cc1cccc(CN2CCN(c3nccc(C(F)(F)F)n3)CC2)c1. The van der Waals surface area contributed by atoms with Crippen molar-refractivity contribution in [2.45, 2.75) is 19.6 Å². The zero-order valence-corrected chi connectivity index (χ0v) is 13.4. The second-order valence-corrected chi connectivity index (χ2v) is 5.99. The Labute approximate surface area is 138 Å². The van der Waals surface area contributed by atoms with Gasteiger partial charge in [-0.1, -0.05) is 29.8 Å². The van der Waals surface area contributed by atoms with Crippen LogP contribution in [0.2, 0.25) is 0 Å². The van der Waals surface area contributed by atoms with Crippen LogP contribution in [0.15, 0.2) is 36.5 Å². The van der Waals surface area contributed by atoms with Crippen LogP contribution in [0.25, 0.3) is 0 Å². The van der Waals surface area contributed by atoms with Crippen LogP contribution in [0, 0.1) is 6.92 Å². The normalized spacial score (nSPS) is 16.4. The van der Waals surface area contributed by atoms with E-state index in [4.69, 9.17) is 0 Å². The maximum atomic E-state index is 12.8. The summed E-state index contributed by atoms with van der Waals surface area (Å²) in [5, 5.41) is 0. The third-order valence-corrected chi connectivity index (χ3v) is 4.08. The fraction of sp³-hybridized carbons (Fsp3) is 0.412. The second kappa shape index (κ2) is 6.76. The standard InChI is InChI=1S/C17H19F3N4/c1-13-3-2-4-14(11-13)12-23-7-9-24(10-8-23)16-21-6-5-15(22-16)17(18,19)20/h2-6,11H,7-10,12H2,1H3. The molecule has 1 aromatic heterocycles. The Morgan fingerprint density at radius 3 is 2.50 bits per heavy atom. The van der Waals surface area contributed by atoms with Crippen LogP contribution in [-0.2, 0) is 12.7 Å². The molecule has 1 aliphatic rings. The van der Waals surface area contributed by atoms with Crippen LogP contribution in [0.1, 0.15) is 16.8 Å². The van der Waals surface area contributed by atoms with Crippen molar-refractivity contribution in [3.63, 3.8) is 0 Å². The fourth-order valence-electron chi connectivity index (χ4n) is 2.83. The lowest BCUT2D eigenvalue weighted by Gasteiger charge is -2.34. The molecule has 0 amide bonds. The van der Waals surface area contributed by atoms with Crippen LogP contribution in [-0.4, -0.2) is 41.0 Å². The van der Waals surface area contributed by atoms with Crippen molar-refractivity contribution >= 4 is 5.95 Å². The van der Waals surface area contributed by atoms with E-state index >= 15 is 0 Å². The lowest BCUT2D eigenvalue weighted by molar-refractivity contribution is -0.141. The average Bonchev–Trinajstić information content (AvgIpc) is 2.55. The summed E-state index contributed by atoms with van der Waals surface area (Å²) < 4.78 is 38.3. The lowest BCUT2D eigenvalue weighted by Crippen LogP contribution is -2.46. The number of piperazine rings is 1. The molecule has 7 heteroatoms. The molecular weight excluding hydrogens is 317 g/mol. The predicted molar refractivity (Wildman–Crippen MR) is 85.7 cm³/mol. The first-order valence-corrected chi connectivity index (χ1v) is 7.85. The number of anilines is 1. The first-order valence-electron chi connectivity index (χ1n) is 7.85. The number of hydrogen-bond donors (Lipinski definition) is 0. The summed E-state index contributed by atoms with van der Waals surface area (Å²) in [6.07, 6.45) is -3.27. The topological polar surface area (TPSA) is 32.3 Å². The summed E-state index contributed by atoms with van der Waals surface area (Å²) in [7, 11) is 0. The van der Waals surface area contributed by atoms with E-state index in [9.17, 15) is 13.2 Å². The molecule has 1 fully saturated rings.